The molecule has 0 atom stereocenters. The zero-order chi connectivity index (χ0) is 22.2. The lowest BCUT2D eigenvalue weighted by molar-refractivity contribution is -0.393. The number of phosphoric ester groups is 1. The summed E-state index contributed by atoms with van der Waals surface area (Å²) in [5.74, 6) is -0.893. The Morgan fingerprint density at radius 2 is 1.76 bits per heavy atom. The van der Waals surface area contributed by atoms with Crippen LogP contribution in [0.1, 0.15) is 10.4 Å². The highest BCUT2D eigenvalue weighted by Gasteiger charge is 2.30. The number of nitro groups is 2. The van der Waals surface area contributed by atoms with Crippen molar-refractivity contribution in [3.05, 3.63) is 37.9 Å². The van der Waals surface area contributed by atoms with Crippen LogP contribution in [-0.4, -0.2) is 62.4 Å². The number of hydrogen-bond acceptors (Lipinski definition) is 8. The molecule has 0 aliphatic rings. The number of alkyl halides is 2. The van der Waals surface area contributed by atoms with Crippen molar-refractivity contribution in [3.8, 4) is 0 Å². The quantitative estimate of drug-likeness (QED) is 0.111. The molecule has 0 fully saturated rings. The van der Waals surface area contributed by atoms with E-state index in [0.29, 0.717) is 10.7 Å². The molecular weight excluding hydrogens is 547 g/mol. The van der Waals surface area contributed by atoms with Gasteiger partial charge >= 0.3 is 7.82 Å². The van der Waals surface area contributed by atoms with Crippen LogP contribution in [0.3, 0.4) is 0 Å². The van der Waals surface area contributed by atoms with Crippen LogP contribution in [0.4, 0.5) is 17.1 Å². The first-order chi connectivity index (χ1) is 13.5. The summed E-state index contributed by atoms with van der Waals surface area (Å²) in [6.45, 7) is -0.330. The van der Waals surface area contributed by atoms with Gasteiger partial charge in [0.05, 0.1) is 28.1 Å². The monoisotopic (exact) mass is 562 g/mol. The van der Waals surface area contributed by atoms with Crippen LogP contribution in [0, 0.1) is 20.2 Å². The molecule has 0 saturated heterocycles. The maximum absolute atomic E-state index is 12.6. The van der Waals surface area contributed by atoms with Crippen LogP contribution in [-0.2, 0) is 9.09 Å². The highest BCUT2D eigenvalue weighted by atomic mass is 79.9. The maximum Gasteiger partial charge on any atom is 0.469 e. The van der Waals surface area contributed by atoms with E-state index < -0.39 is 41.6 Å². The summed E-state index contributed by atoms with van der Waals surface area (Å²) in [5, 5.41) is 25.8. The molecule has 0 radical (unpaired) electrons. The van der Waals surface area contributed by atoms with Gasteiger partial charge < -0.3 is 20.0 Å². The van der Waals surface area contributed by atoms with E-state index in [1.807, 2.05) is 0 Å². The zero-order valence-electron chi connectivity index (χ0n) is 14.7. The van der Waals surface area contributed by atoms with Gasteiger partial charge in [-0.05, 0) is 0 Å². The van der Waals surface area contributed by atoms with Gasteiger partial charge in [0.2, 0.25) is 0 Å². The largest absolute Gasteiger partial charge is 0.469 e. The van der Waals surface area contributed by atoms with Crippen molar-refractivity contribution < 1.29 is 33.5 Å². The number of carbonyl (C=O) groups is 1. The van der Waals surface area contributed by atoms with Gasteiger partial charge in [-0.3, -0.25) is 29.5 Å². The standard InChI is InChI=1S/C13H17Br2N4O9P/c14-1-4-17(5-2-15)12-10(13(20)16-3-6-28-29(25,26)27)7-9(18(21)22)8-11(12)19(23)24/h7-8H,1-6H2,(H,16,20)(H2,25,26,27). The molecule has 1 aromatic carbocycles. The van der Waals surface area contributed by atoms with Gasteiger partial charge in [0.25, 0.3) is 17.3 Å². The number of non-ortho nitro benzene ring substituents is 1. The van der Waals surface area contributed by atoms with Crippen LogP contribution < -0.4 is 10.2 Å². The van der Waals surface area contributed by atoms with Crippen molar-refractivity contribution in [1.29, 1.82) is 0 Å². The fraction of sp³-hybridized carbons (Fsp3) is 0.462. The second-order valence-corrected chi connectivity index (χ2v) is 8.15. The number of phosphoric acid groups is 1. The minimum atomic E-state index is -4.73. The van der Waals surface area contributed by atoms with E-state index in [2.05, 4.69) is 41.7 Å². The van der Waals surface area contributed by atoms with Crippen LogP contribution in [0.5, 0.6) is 0 Å². The number of hydrogen-bond donors (Lipinski definition) is 3. The summed E-state index contributed by atoms with van der Waals surface area (Å²) < 4.78 is 14.9. The van der Waals surface area contributed by atoms with Crippen molar-refractivity contribution in [2.45, 2.75) is 0 Å². The maximum atomic E-state index is 12.6. The van der Waals surface area contributed by atoms with Crippen molar-refractivity contribution >= 4 is 62.7 Å². The molecule has 29 heavy (non-hydrogen) atoms. The molecule has 1 rings (SSSR count). The predicted octanol–water partition coefficient (Wildman–Crippen LogP) is 1.94. The molecule has 0 heterocycles. The summed E-state index contributed by atoms with van der Waals surface area (Å²) in [6.07, 6.45) is 0. The van der Waals surface area contributed by atoms with Crippen LogP contribution in [0.2, 0.25) is 0 Å². The number of halogens is 2. The first-order valence-electron chi connectivity index (χ1n) is 7.83. The van der Waals surface area contributed by atoms with Gasteiger partial charge in [0.15, 0.2) is 0 Å². The number of nitrogens with zero attached hydrogens (tertiary/aromatic N) is 3. The minimum Gasteiger partial charge on any atom is -0.364 e. The highest BCUT2D eigenvalue weighted by molar-refractivity contribution is 9.09. The summed E-state index contributed by atoms with van der Waals surface area (Å²) in [5.41, 5.74) is -1.68. The SMILES string of the molecule is O=C(NCCOP(=O)(O)O)c1cc([N+](=O)[O-])cc([N+](=O)[O-])c1N(CCBr)CCBr. The molecule has 1 aromatic rings. The Morgan fingerprint density at radius 3 is 2.21 bits per heavy atom. The number of carbonyl (C=O) groups excluding carboxylic acids is 1. The lowest BCUT2D eigenvalue weighted by Gasteiger charge is -2.25. The molecule has 0 spiro atoms. The van der Waals surface area contributed by atoms with Gasteiger partial charge in [0, 0.05) is 36.4 Å². The number of benzene rings is 1. The van der Waals surface area contributed by atoms with Crippen molar-refractivity contribution in [2.24, 2.45) is 0 Å². The minimum absolute atomic E-state index is 0.104. The van der Waals surface area contributed by atoms with Crippen molar-refractivity contribution in [2.75, 3.05) is 41.8 Å². The van der Waals surface area contributed by atoms with Crippen molar-refractivity contribution in [3.63, 3.8) is 0 Å². The average molecular weight is 564 g/mol. The third-order valence-electron chi connectivity index (χ3n) is 3.40. The van der Waals surface area contributed by atoms with Crippen LogP contribution in [0.15, 0.2) is 12.1 Å². The van der Waals surface area contributed by atoms with Gasteiger partial charge in [-0.1, -0.05) is 31.9 Å². The molecule has 0 unspecified atom stereocenters. The predicted molar refractivity (Wildman–Crippen MR) is 110 cm³/mol. The summed E-state index contributed by atoms with van der Waals surface area (Å²) in [4.78, 5) is 52.4. The summed E-state index contributed by atoms with van der Waals surface area (Å²) >= 11 is 6.44. The molecule has 0 aliphatic heterocycles. The lowest BCUT2D eigenvalue weighted by Crippen LogP contribution is -2.33. The van der Waals surface area contributed by atoms with E-state index in [1.165, 1.54) is 4.90 Å². The molecule has 0 saturated carbocycles. The Bertz CT molecular complexity index is 814. The van der Waals surface area contributed by atoms with Gasteiger partial charge in [-0.2, -0.15) is 0 Å². The zero-order valence-corrected chi connectivity index (χ0v) is 18.8. The third kappa shape index (κ3) is 7.95. The second-order valence-electron chi connectivity index (χ2n) is 5.32. The Balaban J connectivity index is 3.39. The summed E-state index contributed by atoms with van der Waals surface area (Å²) in [6, 6.07) is 1.69. The molecule has 1 amide bonds. The van der Waals surface area contributed by atoms with E-state index in [0.717, 1.165) is 12.1 Å². The molecule has 13 nitrogen and oxygen atoms in total. The van der Waals surface area contributed by atoms with E-state index in [4.69, 9.17) is 9.79 Å². The number of amides is 1. The average Bonchev–Trinajstić information content (AvgIpc) is 2.62. The summed E-state index contributed by atoms with van der Waals surface area (Å²) in [7, 11) is -4.73. The molecule has 16 heteroatoms. The number of anilines is 1. The van der Waals surface area contributed by atoms with E-state index in [9.17, 15) is 29.6 Å². The van der Waals surface area contributed by atoms with E-state index >= 15 is 0 Å². The molecule has 0 aliphatic carbocycles. The van der Waals surface area contributed by atoms with Gasteiger partial charge in [-0.25, -0.2) is 4.57 Å². The van der Waals surface area contributed by atoms with E-state index in [1.54, 1.807) is 0 Å². The topological polar surface area (TPSA) is 185 Å². The van der Waals surface area contributed by atoms with E-state index in [-0.39, 0.29) is 30.9 Å². The lowest BCUT2D eigenvalue weighted by atomic mass is 10.1. The Hall–Kier alpha value is -1.64. The fourth-order valence-electron chi connectivity index (χ4n) is 2.32. The Morgan fingerprint density at radius 1 is 1.17 bits per heavy atom. The number of nitro benzene ring substituents is 2. The fourth-order valence-corrected chi connectivity index (χ4v) is 3.50. The first-order valence-corrected chi connectivity index (χ1v) is 11.6. The molecule has 0 bridgehead atoms. The van der Waals surface area contributed by atoms with Crippen LogP contribution >= 0.6 is 39.7 Å². The number of nitrogens with one attached hydrogen (secondary N) is 1. The number of rotatable bonds is 12. The third-order valence-corrected chi connectivity index (χ3v) is 4.63. The molecular formula is C13H17Br2N4O9P. The van der Waals surface area contributed by atoms with Gasteiger partial charge in [-0.15, -0.1) is 0 Å². The van der Waals surface area contributed by atoms with Gasteiger partial charge in [0.1, 0.15) is 5.69 Å². The normalized spacial score (nSPS) is 11.2. The van der Waals surface area contributed by atoms with Crippen LogP contribution in [0.25, 0.3) is 0 Å². The highest BCUT2D eigenvalue weighted by Crippen LogP contribution is 2.37. The Labute approximate surface area is 181 Å². The molecule has 162 valence electrons. The van der Waals surface area contributed by atoms with Crippen molar-refractivity contribution in [1.82, 2.24) is 5.32 Å². The molecule has 0 aromatic heterocycles. The molecule has 3 N–H and O–H groups in total. The first kappa shape index (κ1) is 25.4. The Kier molecular flexibility index (Phi) is 10.1. The second kappa shape index (κ2) is 11.5. The smallest absolute Gasteiger partial charge is 0.364 e.